The van der Waals surface area contributed by atoms with Crippen LogP contribution in [-0.2, 0) is 0 Å². The lowest BCUT2D eigenvalue weighted by molar-refractivity contribution is 0.240. The molecule has 2 bridgehead atoms. The molecule has 2 amide bonds. The molecule has 0 aliphatic heterocycles. The summed E-state index contributed by atoms with van der Waals surface area (Å²) >= 11 is 6.27. The van der Waals surface area contributed by atoms with Crippen molar-refractivity contribution in [1.29, 1.82) is 0 Å². The van der Waals surface area contributed by atoms with E-state index in [0.29, 0.717) is 23.1 Å². The first kappa shape index (κ1) is 10.1. The number of hydrogen-bond donors (Lipinski definition) is 3. The zero-order chi connectivity index (χ0) is 10.1. The minimum atomic E-state index is -0.532. The highest BCUT2D eigenvalue weighted by atomic mass is 35.5. The molecular formula is C9H16ClN3O. The quantitative estimate of drug-likeness (QED) is 0.484. The van der Waals surface area contributed by atoms with Crippen molar-refractivity contribution in [3.8, 4) is 0 Å². The Bertz CT molecular complexity index is 236. The molecule has 2 saturated carbocycles. The Morgan fingerprint density at radius 3 is 2.79 bits per heavy atom. The number of carbonyl (C=O) groups excluding carboxylic acids is 1. The average molecular weight is 218 g/mol. The van der Waals surface area contributed by atoms with Crippen LogP contribution in [0.25, 0.3) is 0 Å². The Morgan fingerprint density at radius 2 is 2.29 bits per heavy atom. The molecule has 14 heavy (non-hydrogen) atoms. The van der Waals surface area contributed by atoms with Gasteiger partial charge in [0.15, 0.2) is 0 Å². The topological polar surface area (TPSA) is 67.2 Å². The molecule has 0 heterocycles. The summed E-state index contributed by atoms with van der Waals surface area (Å²) in [6, 6.07) is -0.532. The highest BCUT2D eigenvalue weighted by Crippen LogP contribution is 2.50. The van der Waals surface area contributed by atoms with E-state index in [1.165, 1.54) is 19.3 Å². The molecule has 5 heteroatoms. The molecule has 2 rings (SSSR count). The largest absolute Gasteiger partial charge is 0.351 e. The van der Waals surface area contributed by atoms with Crippen LogP contribution < -0.4 is 16.6 Å². The first-order valence-electron chi connectivity index (χ1n) is 5.11. The zero-order valence-electron chi connectivity index (χ0n) is 8.00. The molecule has 0 spiro atoms. The standard InChI is InChI=1S/C9H16ClN3O/c10-8-5-1-2-7(8)6(3-5)4-12-13-9(11)14/h5-8,12H,1-4H2,(H3,11,13,14). The number of halogens is 1. The predicted molar refractivity (Wildman–Crippen MR) is 54.7 cm³/mol. The number of amides is 2. The number of hydrazine groups is 1. The van der Waals surface area contributed by atoms with Crippen molar-refractivity contribution >= 4 is 17.6 Å². The van der Waals surface area contributed by atoms with E-state index in [9.17, 15) is 4.79 Å². The van der Waals surface area contributed by atoms with Crippen LogP contribution >= 0.6 is 11.6 Å². The van der Waals surface area contributed by atoms with Gasteiger partial charge in [-0.25, -0.2) is 10.2 Å². The Labute approximate surface area is 88.5 Å². The molecule has 4 unspecified atom stereocenters. The summed E-state index contributed by atoms with van der Waals surface area (Å²) in [5, 5.41) is 0.357. The summed E-state index contributed by atoms with van der Waals surface area (Å²) in [5.74, 6) is 1.92. The van der Waals surface area contributed by atoms with Gasteiger partial charge < -0.3 is 5.73 Å². The van der Waals surface area contributed by atoms with Crippen LogP contribution in [0.1, 0.15) is 19.3 Å². The van der Waals surface area contributed by atoms with E-state index in [-0.39, 0.29) is 0 Å². The number of nitrogens with one attached hydrogen (secondary N) is 2. The molecular weight excluding hydrogens is 202 g/mol. The SMILES string of the molecule is NC(=O)NNCC1CC2CCC1C2Cl. The molecule has 2 aliphatic carbocycles. The van der Waals surface area contributed by atoms with Gasteiger partial charge in [0.05, 0.1) is 0 Å². The summed E-state index contributed by atoms with van der Waals surface area (Å²) in [6.07, 6.45) is 3.70. The summed E-state index contributed by atoms with van der Waals surface area (Å²) in [6.45, 7) is 0.785. The van der Waals surface area contributed by atoms with Crippen molar-refractivity contribution in [3.63, 3.8) is 0 Å². The molecule has 0 aromatic heterocycles. The van der Waals surface area contributed by atoms with Crippen molar-refractivity contribution < 1.29 is 4.79 Å². The van der Waals surface area contributed by atoms with Crippen molar-refractivity contribution in [2.75, 3.05) is 6.54 Å². The van der Waals surface area contributed by atoms with Gasteiger partial charge in [-0.3, -0.25) is 5.43 Å². The minimum Gasteiger partial charge on any atom is -0.351 e. The Hall–Kier alpha value is -0.480. The van der Waals surface area contributed by atoms with E-state index >= 15 is 0 Å². The normalized spacial score (nSPS) is 40.1. The maximum atomic E-state index is 10.4. The molecule has 0 aromatic carbocycles. The third-order valence-corrected chi connectivity index (χ3v) is 4.20. The number of fused-ring (bicyclic) bond motifs is 2. The van der Waals surface area contributed by atoms with E-state index in [1.54, 1.807) is 0 Å². The fraction of sp³-hybridized carbons (Fsp3) is 0.889. The van der Waals surface area contributed by atoms with Gasteiger partial charge in [-0.2, -0.15) is 0 Å². The molecule has 80 valence electrons. The van der Waals surface area contributed by atoms with Crippen LogP contribution in [0.15, 0.2) is 0 Å². The Balaban J connectivity index is 1.75. The molecule has 0 aromatic rings. The average Bonchev–Trinajstić information content (AvgIpc) is 2.61. The monoisotopic (exact) mass is 217 g/mol. The van der Waals surface area contributed by atoms with Crippen LogP contribution in [0.3, 0.4) is 0 Å². The predicted octanol–water partition coefficient (Wildman–Crippen LogP) is 0.813. The van der Waals surface area contributed by atoms with Crippen LogP contribution in [-0.4, -0.2) is 18.0 Å². The van der Waals surface area contributed by atoms with Gasteiger partial charge >= 0.3 is 6.03 Å². The van der Waals surface area contributed by atoms with E-state index in [4.69, 9.17) is 17.3 Å². The molecule has 2 fully saturated rings. The zero-order valence-corrected chi connectivity index (χ0v) is 8.76. The maximum absolute atomic E-state index is 10.4. The summed E-state index contributed by atoms with van der Waals surface area (Å²) in [5.41, 5.74) is 10.2. The number of carbonyl (C=O) groups is 1. The second-order valence-electron chi connectivity index (χ2n) is 4.31. The lowest BCUT2D eigenvalue weighted by Crippen LogP contribution is -2.44. The first-order valence-corrected chi connectivity index (χ1v) is 5.54. The van der Waals surface area contributed by atoms with Crippen LogP contribution in [0.4, 0.5) is 4.79 Å². The number of hydrogen-bond acceptors (Lipinski definition) is 2. The Morgan fingerprint density at radius 1 is 1.50 bits per heavy atom. The van der Waals surface area contributed by atoms with E-state index < -0.39 is 6.03 Å². The lowest BCUT2D eigenvalue weighted by atomic mass is 9.89. The van der Waals surface area contributed by atoms with E-state index in [1.807, 2.05) is 0 Å². The van der Waals surface area contributed by atoms with Gasteiger partial charge in [0.1, 0.15) is 0 Å². The molecule has 4 N–H and O–H groups in total. The number of urea groups is 1. The van der Waals surface area contributed by atoms with Gasteiger partial charge in [0, 0.05) is 11.9 Å². The second-order valence-corrected chi connectivity index (χ2v) is 4.82. The van der Waals surface area contributed by atoms with Crippen molar-refractivity contribution in [3.05, 3.63) is 0 Å². The fourth-order valence-corrected chi connectivity index (χ4v) is 3.45. The highest BCUT2D eigenvalue weighted by molar-refractivity contribution is 6.21. The third-order valence-electron chi connectivity index (χ3n) is 3.52. The number of nitrogens with two attached hydrogens (primary N) is 1. The third kappa shape index (κ3) is 1.81. The number of primary amides is 1. The second kappa shape index (κ2) is 3.95. The lowest BCUT2D eigenvalue weighted by Gasteiger charge is -2.21. The Kier molecular flexibility index (Phi) is 2.83. The highest BCUT2D eigenvalue weighted by Gasteiger charge is 2.46. The molecule has 4 atom stereocenters. The molecule has 4 nitrogen and oxygen atoms in total. The van der Waals surface area contributed by atoms with Crippen molar-refractivity contribution in [2.45, 2.75) is 24.6 Å². The van der Waals surface area contributed by atoms with Crippen LogP contribution in [0.5, 0.6) is 0 Å². The molecule has 0 radical (unpaired) electrons. The van der Waals surface area contributed by atoms with Gasteiger partial charge in [-0.05, 0) is 37.0 Å². The molecule has 2 aliphatic rings. The summed E-state index contributed by atoms with van der Waals surface area (Å²) in [4.78, 5) is 10.4. The number of rotatable bonds is 3. The van der Waals surface area contributed by atoms with Crippen LogP contribution in [0, 0.1) is 17.8 Å². The smallest absolute Gasteiger partial charge is 0.326 e. The summed E-state index contributed by atoms with van der Waals surface area (Å²) in [7, 11) is 0. The first-order chi connectivity index (χ1) is 6.68. The summed E-state index contributed by atoms with van der Waals surface area (Å²) < 4.78 is 0. The van der Waals surface area contributed by atoms with Crippen molar-refractivity contribution in [1.82, 2.24) is 10.9 Å². The van der Waals surface area contributed by atoms with Crippen LogP contribution in [0.2, 0.25) is 0 Å². The van der Waals surface area contributed by atoms with E-state index in [2.05, 4.69) is 10.9 Å². The van der Waals surface area contributed by atoms with E-state index in [0.717, 1.165) is 6.54 Å². The van der Waals surface area contributed by atoms with Gasteiger partial charge in [0.25, 0.3) is 0 Å². The van der Waals surface area contributed by atoms with Gasteiger partial charge in [-0.15, -0.1) is 11.6 Å². The maximum Gasteiger partial charge on any atom is 0.326 e. The molecule has 0 saturated heterocycles. The number of alkyl halides is 1. The van der Waals surface area contributed by atoms with Gasteiger partial charge in [-0.1, -0.05) is 0 Å². The van der Waals surface area contributed by atoms with Gasteiger partial charge in [0.2, 0.25) is 0 Å². The van der Waals surface area contributed by atoms with Crippen molar-refractivity contribution in [2.24, 2.45) is 23.5 Å². The fourth-order valence-electron chi connectivity index (χ4n) is 2.89. The minimum absolute atomic E-state index is 0.357.